The van der Waals surface area contributed by atoms with Gasteiger partial charge >= 0.3 is 0 Å². The molecule has 4 nitrogen and oxygen atoms in total. The largest absolute Gasteiger partial charge is 0.345 e. The van der Waals surface area contributed by atoms with E-state index < -0.39 is 0 Å². The molecule has 2 aliphatic rings. The van der Waals surface area contributed by atoms with Crippen LogP contribution in [0.3, 0.4) is 0 Å². The summed E-state index contributed by atoms with van der Waals surface area (Å²) in [7, 11) is 0. The fourth-order valence-corrected chi connectivity index (χ4v) is 2.56. The van der Waals surface area contributed by atoms with Crippen LogP contribution in [0.1, 0.15) is 17.0 Å². The molecule has 0 aromatic heterocycles. The minimum absolute atomic E-state index is 0.0222. The quantitative estimate of drug-likeness (QED) is 0.793. The van der Waals surface area contributed by atoms with Crippen LogP contribution in [0, 0.1) is 0 Å². The molecule has 1 unspecified atom stereocenters. The highest BCUT2D eigenvalue weighted by atomic mass is 16.2. The number of carbonyl (C=O) groups is 2. The van der Waals surface area contributed by atoms with E-state index in [9.17, 15) is 9.59 Å². The van der Waals surface area contributed by atoms with Gasteiger partial charge in [0.1, 0.15) is 0 Å². The molecule has 17 heavy (non-hydrogen) atoms. The molecule has 1 fully saturated rings. The molecular weight excluding hydrogens is 216 g/mol. The van der Waals surface area contributed by atoms with Gasteiger partial charge in [-0.05, 0) is 17.5 Å². The van der Waals surface area contributed by atoms with E-state index >= 15 is 0 Å². The molecule has 0 radical (unpaired) electrons. The molecule has 1 aliphatic heterocycles. The number of hydrogen-bond donors (Lipinski definition) is 1. The summed E-state index contributed by atoms with van der Waals surface area (Å²) < 4.78 is 0. The lowest BCUT2D eigenvalue weighted by molar-refractivity contribution is -0.140. The topological polar surface area (TPSA) is 49.4 Å². The number of piperazine rings is 1. The first-order valence-corrected chi connectivity index (χ1v) is 5.86. The summed E-state index contributed by atoms with van der Waals surface area (Å²) in [6.07, 6.45) is 1.02. The van der Waals surface area contributed by atoms with Crippen molar-refractivity contribution in [2.24, 2.45) is 0 Å². The molecule has 2 amide bonds. The van der Waals surface area contributed by atoms with Gasteiger partial charge in [-0.2, -0.15) is 0 Å². The molecule has 0 saturated carbocycles. The van der Waals surface area contributed by atoms with E-state index in [0.29, 0.717) is 12.5 Å². The molecule has 0 bridgehead atoms. The van der Waals surface area contributed by atoms with Crippen LogP contribution in [0.4, 0.5) is 0 Å². The van der Waals surface area contributed by atoms with Crippen molar-refractivity contribution < 1.29 is 9.59 Å². The molecular formula is C13H14N2O2. The Morgan fingerprint density at radius 1 is 1.29 bits per heavy atom. The monoisotopic (exact) mass is 230 g/mol. The summed E-state index contributed by atoms with van der Waals surface area (Å²) in [6, 6.07) is 8.29. The lowest BCUT2D eigenvalue weighted by atomic mass is 9.77. The van der Waals surface area contributed by atoms with Crippen molar-refractivity contribution >= 4 is 11.8 Å². The maximum Gasteiger partial charge on any atom is 0.242 e. The molecule has 0 spiro atoms. The third-order valence-electron chi connectivity index (χ3n) is 3.53. The SMILES string of the molecule is O=C1CN(CC2Cc3ccccc32)C(=O)CN1. The second kappa shape index (κ2) is 3.87. The Bertz CT molecular complexity index is 484. The smallest absolute Gasteiger partial charge is 0.242 e. The zero-order valence-electron chi connectivity index (χ0n) is 9.48. The molecule has 1 heterocycles. The first-order chi connectivity index (χ1) is 8.24. The summed E-state index contributed by atoms with van der Waals surface area (Å²) >= 11 is 0. The van der Waals surface area contributed by atoms with Gasteiger partial charge < -0.3 is 10.2 Å². The van der Waals surface area contributed by atoms with Crippen molar-refractivity contribution in [1.29, 1.82) is 0 Å². The number of nitrogens with zero attached hydrogens (tertiary/aromatic N) is 1. The number of hydrogen-bond acceptors (Lipinski definition) is 2. The number of nitrogens with one attached hydrogen (secondary N) is 1. The third-order valence-corrected chi connectivity index (χ3v) is 3.53. The average molecular weight is 230 g/mol. The van der Waals surface area contributed by atoms with E-state index in [1.54, 1.807) is 4.90 Å². The molecule has 1 N–H and O–H groups in total. The summed E-state index contributed by atoms with van der Waals surface area (Å²) in [5.74, 6) is 0.368. The number of fused-ring (bicyclic) bond motifs is 1. The lowest BCUT2D eigenvalue weighted by Gasteiger charge is -2.36. The highest BCUT2D eigenvalue weighted by Gasteiger charge is 2.31. The van der Waals surface area contributed by atoms with E-state index in [4.69, 9.17) is 0 Å². The average Bonchev–Trinajstić information content (AvgIpc) is 2.30. The molecule has 4 heteroatoms. The number of benzene rings is 1. The molecule has 1 aromatic carbocycles. The van der Waals surface area contributed by atoms with Gasteiger partial charge in [-0.15, -0.1) is 0 Å². The van der Waals surface area contributed by atoms with E-state index in [1.165, 1.54) is 11.1 Å². The zero-order valence-corrected chi connectivity index (χ0v) is 9.48. The summed E-state index contributed by atoms with van der Waals surface area (Å²) in [4.78, 5) is 24.6. The normalized spacial score (nSPS) is 22.8. The van der Waals surface area contributed by atoms with Gasteiger partial charge in [0.15, 0.2) is 0 Å². The predicted octanol–water partition coefficient (Wildman–Crippen LogP) is 0.285. The van der Waals surface area contributed by atoms with Gasteiger partial charge in [0, 0.05) is 12.5 Å². The highest BCUT2D eigenvalue weighted by Crippen LogP contribution is 2.35. The Hall–Kier alpha value is -1.84. The van der Waals surface area contributed by atoms with Crippen molar-refractivity contribution in [1.82, 2.24) is 10.2 Å². The molecule has 1 aromatic rings. The third kappa shape index (κ3) is 1.79. The Kier molecular flexibility index (Phi) is 2.35. The van der Waals surface area contributed by atoms with Crippen LogP contribution in [0.25, 0.3) is 0 Å². The Balaban J connectivity index is 1.69. The van der Waals surface area contributed by atoms with Gasteiger partial charge in [-0.3, -0.25) is 9.59 Å². The summed E-state index contributed by atoms with van der Waals surface area (Å²) in [6.45, 7) is 1.02. The van der Waals surface area contributed by atoms with Crippen molar-refractivity contribution in [2.45, 2.75) is 12.3 Å². The first-order valence-electron chi connectivity index (χ1n) is 5.86. The van der Waals surface area contributed by atoms with Crippen LogP contribution >= 0.6 is 0 Å². The number of amides is 2. The lowest BCUT2D eigenvalue weighted by Crippen LogP contribution is -2.53. The Labute approximate surface area is 99.6 Å². The number of carbonyl (C=O) groups excluding carboxylic acids is 2. The van der Waals surface area contributed by atoms with E-state index in [-0.39, 0.29) is 24.9 Å². The van der Waals surface area contributed by atoms with Gasteiger partial charge in [0.2, 0.25) is 11.8 Å². The molecule has 3 rings (SSSR count). The molecule has 88 valence electrons. The van der Waals surface area contributed by atoms with Crippen molar-refractivity contribution in [2.75, 3.05) is 19.6 Å². The van der Waals surface area contributed by atoms with Crippen LogP contribution in [0.5, 0.6) is 0 Å². The van der Waals surface area contributed by atoms with E-state index in [1.807, 2.05) is 12.1 Å². The maximum absolute atomic E-state index is 11.6. The molecule has 1 aliphatic carbocycles. The van der Waals surface area contributed by atoms with Crippen LogP contribution in [0.2, 0.25) is 0 Å². The Morgan fingerprint density at radius 2 is 2.12 bits per heavy atom. The predicted molar refractivity (Wildman–Crippen MR) is 62.5 cm³/mol. The van der Waals surface area contributed by atoms with E-state index in [2.05, 4.69) is 17.4 Å². The van der Waals surface area contributed by atoms with Crippen LogP contribution in [-0.4, -0.2) is 36.3 Å². The zero-order chi connectivity index (χ0) is 11.8. The van der Waals surface area contributed by atoms with Crippen molar-refractivity contribution in [3.8, 4) is 0 Å². The minimum Gasteiger partial charge on any atom is -0.345 e. The van der Waals surface area contributed by atoms with Gasteiger partial charge in [-0.25, -0.2) is 0 Å². The molecule has 1 saturated heterocycles. The number of rotatable bonds is 2. The fraction of sp³-hybridized carbons (Fsp3) is 0.385. The van der Waals surface area contributed by atoms with Gasteiger partial charge in [0.25, 0.3) is 0 Å². The van der Waals surface area contributed by atoms with E-state index in [0.717, 1.165) is 6.42 Å². The van der Waals surface area contributed by atoms with Gasteiger partial charge in [-0.1, -0.05) is 24.3 Å². The second-order valence-electron chi connectivity index (χ2n) is 4.65. The minimum atomic E-state index is -0.0581. The van der Waals surface area contributed by atoms with Gasteiger partial charge in [0.05, 0.1) is 13.1 Å². The van der Waals surface area contributed by atoms with Crippen LogP contribution in [0.15, 0.2) is 24.3 Å². The standard InChI is InChI=1S/C13H14N2O2/c16-12-8-15(13(17)6-14-12)7-10-5-9-3-1-2-4-11(9)10/h1-4,10H,5-8H2,(H,14,16). The molecule has 1 atom stereocenters. The fourth-order valence-electron chi connectivity index (χ4n) is 2.56. The van der Waals surface area contributed by atoms with Crippen LogP contribution < -0.4 is 5.32 Å². The van der Waals surface area contributed by atoms with Crippen molar-refractivity contribution in [3.63, 3.8) is 0 Å². The van der Waals surface area contributed by atoms with Crippen molar-refractivity contribution in [3.05, 3.63) is 35.4 Å². The maximum atomic E-state index is 11.6. The second-order valence-corrected chi connectivity index (χ2v) is 4.65. The summed E-state index contributed by atoms with van der Waals surface area (Å²) in [5.41, 5.74) is 2.69. The van der Waals surface area contributed by atoms with Crippen LogP contribution in [-0.2, 0) is 16.0 Å². The first kappa shape index (κ1) is 10.3. The highest BCUT2D eigenvalue weighted by molar-refractivity contribution is 5.92. The Morgan fingerprint density at radius 3 is 2.94 bits per heavy atom. The summed E-state index contributed by atoms with van der Waals surface area (Å²) in [5, 5.41) is 2.56.